The van der Waals surface area contributed by atoms with Gasteiger partial charge >= 0.3 is 5.97 Å². The lowest BCUT2D eigenvalue weighted by Gasteiger charge is -2.63. The van der Waals surface area contributed by atoms with E-state index in [1.165, 1.54) is 16.8 Å². The van der Waals surface area contributed by atoms with Crippen LogP contribution in [-0.2, 0) is 14.9 Å². The number of allylic oxidation sites excluding steroid dienone is 1. The van der Waals surface area contributed by atoms with E-state index < -0.39 is 0 Å². The van der Waals surface area contributed by atoms with E-state index in [4.69, 9.17) is 9.47 Å². The Hall–Kier alpha value is -2.01. The first-order valence-electron chi connectivity index (χ1n) is 9.95. The van der Waals surface area contributed by atoms with E-state index in [0.29, 0.717) is 12.1 Å². The predicted molar refractivity (Wildman–Crippen MR) is 104 cm³/mol. The summed E-state index contributed by atoms with van der Waals surface area (Å²) in [5.74, 6) is 0.989. The van der Waals surface area contributed by atoms with Gasteiger partial charge in [0, 0.05) is 36.8 Å². The highest BCUT2D eigenvalue weighted by Gasteiger charge is 2.68. The number of carbonyl (C=O) groups excluding carboxylic acids is 1. The maximum Gasteiger partial charge on any atom is 0.310 e. The summed E-state index contributed by atoms with van der Waals surface area (Å²) in [7, 11) is 5.44. The Kier molecular flexibility index (Phi) is 3.64. The van der Waals surface area contributed by atoms with Crippen LogP contribution in [0.4, 0.5) is 5.69 Å². The molecule has 1 aromatic carbocycles. The van der Waals surface area contributed by atoms with Crippen molar-refractivity contribution in [2.24, 2.45) is 11.8 Å². The van der Waals surface area contributed by atoms with E-state index in [1.54, 1.807) is 14.2 Å². The molecule has 0 spiro atoms. The third-order valence-corrected chi connectivity index (χ3v) is 7.82. The molecule has 144 valence electrons. The average molecular weight is 368 g/mol. The van der Waals surface area contributed by atoms with Crippen molar-refractivity contribution in [3.05, 3.63) is 35.4 Å². The molecule has 0 unspecified atom stereocenters. The Balaban J connectivity index is 1.76. The largest absolute Gasteiger partial charge is 0.497 e. The molecule has 1 aromatic rings. The maximum atomic E-state index is 13.2. The lowest BCUT2D eigenvalue weighted by molar-refractivity contribution is -0.158. The highest BCUT2D eigenvalue weighted by Crippen LogP contribution is 2.63. The van der Waals surface area contributed by atoms with Crippen LogP contribution in [0.3, 0.4) is 0 Å². The molecular formula is C22H28N2O3. The zero-order chi connectivity index (χ0) is 18.9. The van der Waals surface area contributed by atoms with E-state index in [-0.39, 0.29) is 23.2 Å². The van der Waals surface area contributed by atoms with E-state index in [1.807, 2.05) is 6.07 Å². The molecule has 5 atom stereocenters. The van der Waals surface area contributed by atoms with Gasteiger partial charge in [-0.15, -0.1) is 0 Å². The van der Waals surface area contributed by atoms with Crippen molar-refractivity contribution in [1.82, 2.24) is 4.90 Å². The Labute approximate surface area is 160 Å². The van der Waals surface area contributed by atoms with Gasteiger partial charge in [0.25, 0.3) is 0 Å². The lowest BCUT2D eigenvalue weighted by Crippen LogP contribution is -2.72. The number of rotatable bonds is 2. The third-order valence-electron chi connectivity index (χ3n) is 7.82. The van der Waals surface area contributed by atoms with Crippen LogP contribution >= 0.6 is 0 Å². The van der Waals surface area contributed by atoms with Crippen LogP contribution in [0.25, 0.3) is 0 Å². The monoisotopic (exact) mass is 368 g/mol. The molecule has 5 rings (SSSR count). The highest BCUT2D eigenvalue weighted by atomic mass is 16.5. The number of hydrogen-bond donors (Lipinski definition) is 0. The first-order valence-corrected chi connectivity index (χ1v) is 9.95. The highest BCUT2D eigenvalue weighted by molar-refractivity contribution is 5.80. The fourth-order valence-corrected chi connectivity index (χ4v) is 6.82. The molecular weight excluding hydrogens is 340 g/mol. The number of nitrogens with zero attached hydrogens (tertiary/aromatic N) is 2. The molecule has 0 amide bonds. The summed E-state index contributed by atoms with van der Waals surface area (Å²) in [6.07, 6.45) is 4.28. The second kappa shape index (κ2) is 5.74. The Morgan fingerprint density at radius 2 is 2.15 bits per heavy atom. The molecule has 5 heteroatoms. The van der Waals surface area contributed by atoms with E-state index in [0.717, 1.165) is 31.7 Å². The van der Waals surface area contributed by atoms with Gasteiger partial charge in [0.2, 0.25) is 0 Å². The zero-order valence-electron chi connectivity index (χ0n) is 16.6. The topological polar surface area (TPSA) is 42.0 Å². The number of ether oxygens (including phenoxy) is 2. The van der Waals surface area contributed by atoms with Crippen LogP contribution in [0.2, 0.25) is 0 Å². The summed E-state index contributed by atoms with van der Waals surface area (Å²) in [5, 5.41) is 0. The summed E-state index contributed by atoms with van der Waals surface area (Å²) in [4.78, 5) is 18.2. The van der Waals surface area contributed by atoms with Crippen molar-refractivity contribution in [3.63, 3.8) is 0 Å². The number of hydrogen-bond acceptors (Lipinski definition) is 5. The van der Waals surface area contributed by atoms with Crippen molar-refractivity contribution < 1.29 is 14.3 Å². The predicted octanol–water partition coefficient (Wildman–Crippen LogP) is 2.59. The Bertz CT molecular complexity index is 835. The van der Waals surface area contributed by atoms with E-state index in [9.17, 15) is 4.79 Å². The molecule has 4 aliphatic rings. The minimum Gasteiger partial charge on any atom is -0.497 e. The molecule has 5 nitrogen and oxygen atoms in total. The number of esters is 1. The fraction of sp³-hybridized carbons (Fsp3) is 0.591. The van der Waals surface area contributed by atoms with Gasteiger partial charge in [0.1, 0.15) is 5.75 Å². The quantitative estimate of drug-likeness (QED) is 0.593. The number of likely N-dealkylation sites (N-methyl/N-ethyl adjacent to an activating group) is 1. The smallest absolute Gasteiger partial charge is 0.310 e. The first-order chi connectivity index (χ1) is 13.1. The second-order valence-electron chi connectivity index (χ2n) is 8.47. The molecule has 3 bridgehead atoms. The van der Waals surface area contributed by atoms with E-state index >= 15 is 0 Å². The van der Waals surface area contributed by atoms with Crippen LogP contribution in [0.15, 0.2) is 29.8 Å². The number of methoxy groups -OCH3 is 2. The number of benzene rings is 1. The van der Waals surface area contributed by atoms with Gasteiger partial charge in [-0.3, -0.25) is 9.69 Å². The van der Waals surface area contributed by atoms with Crippen molar-refractivity contribution in [3.8, 4) is 5.75 Å². The average Bonchev–Trinajstić information content (AvgIpc) is 2.96. The molecule has 1 saturated carbocycles. The number of anilines is 1. The third kappa shape index (κ3) is 1.96. The van der Waals surface area contributed by atoms with Crippen molar-refractivity contribution in [1.29, 1.82) is 0 Å². The summed E-state index contributed by atoms with van der Waals surface area (Å²) in [6.45, 7) is 4.14. The molecule has 0 N–H and O–H groups in total. The first kappa shape index (κ1) is 17.1. The van der Waals surface area contributed by atoms with Crippen LogP contribution in [0, 0.1) is 11.8 Å². The van der Waals surface area contributed by atoms with Crippen LogP contribution < -0.4 is 9.64 Å². The van der Waals surface area contributed by atoms with Crippen LogP contribution in [0.5, 0.6) is 5.75 Å². The number of piperidine rings is 2. The molecule has 27 heavy (non-hydrogen) atoms. The molecule has 0 aromatic heterocycles. The number of fused-ring (bicyclic) bond motifs is 2. The second-order valence-corrected chi connectivity index (χ2v) is 8.47. The summed E-state index contributed by atoms with van der Waals surface area (Å²) in [5.41, 5.74) is 3.74. The molecule has 2 saturated heterocycles. The molecule has 3 heterocycles. The minimum atomic E-state index is -0.178. The van der Waals surface area contributed by atoms with Crippen molar-refractivity contribution in [2.45, 2.75) is 37.3 Å². The summed E-state index contributed by atoms with van der Waals surface area (Å²) in [6, 6.07) is 7.18. The van der Waals surface area contributed by atoms with Gasteiger partial charge < -0.3 is 14.4 Å². The summed E-state index contributed by atoms with van der Waals surface area (Å²) >= 11 is 0. The van der Waals surface area contributed by atoms with Gasteiger partial charge in [-0.05, 0) is 43.9 Å². The fourth-order valence-electron chi connectivity index (χ4n) is 6.82. The molecule has 0 radical (unpaired) electrons. The van der Waals surface area contributed by atoms with Crippen LogP contribution in [-0.4, -0.2) is 57.3 Å². The van der Waals surface area contributed by atoms with Crippen molar-refractivity contribution >= 4 is 11.7 Å². The minimum absolute atomic E-state index is 0.0461. The van der Waals surface area contributed by atoms with Gasteiger partial charge in [-0.25, -0.2) is 0 Å². The maximum absolute atomic E-state index is 13.2. The molecule has 3 aliphatic heterocycles. The van der Waals surface area contributed by atoms with Gasteiger partial charge in [-0.1, -0.05) is 17.7 Å². The Morgan fingerprint density at radius 3 is 2.85 bits per heavy atom. The molecule has 3 fully saturated rings. The Morgan fingerprint density at radius 1 is 1.33 bits per heavy atom. The van der Waals surface area contributed by atoms with Gasteiger partial charge in [0.05, 0.1) is 26.2 Å². The zero-order valence-corrected chi connectivity index (χ0v) is 16.6. The van der Waals surface area contributed by atoms with E-state index in [2.05, 4.69) is 42.0 Å². The standard InChI is InChI=1S/C22H28N2O3/c1-5-13-12-24-9-8-22-16-7-6-14(26-3)10-17(16)23(2)20(22)18(24)11-15(13)19(22)21(25)27-4/h5-7,10,15,18-20H,8-9,11-12H2,1-4H3/b13-5-/t15-,18-,19+,20-,22-/m0/s1. The van der Waals surface area contributed by atoms with Gasteiger partial charge in [-0.2, -0.15) is 0 Å². The lowest BCUT2D eigenvalue weighted by atomic mass is 9.50. The van der Waals surface area contributed by atoms with Gasteiger partial charge in [0.15, 0.2) is 0 Å². The van der Waals surface area contributed by atoms with Crippen molar-refractivity contribution in [2.75, 3.05) is 39.3 Å². The number of carbonyl (C=O) groups is 1. The normalized spacial score (nSPS) is 37.9. The SMILES string of the molecule is C/C=C1/CN2CC[C@@]34c5ccc(OC)cc5N(C)[C@H]3[C@@H]2C[C@@H]1[C@@H]4C(=O)OC. The van der Waals surface area contributed by atoms with Crippen LogP contribution in [0.1, 0.15) is 25.3 Å². The molecule has 1 aliphatic carbocycles. The summed E-state index contributed by atoms with van der Waals surface area (Å²) < 4.78 is 10.9.